The maximum atomic E-state index is 13.3. The summed E-state index contributed by atoms with van der Waals surface area (Å²) >= 11 is 5.31. The molecule has 0 unspecified atom stereocenters. The average molecular weight is 444 g/mol. The van der Waals surface area contributed by atoms with Crippen LogP contribution < -0.4 is 10.2 Å². The number of aryl methyl sites for hydroxylation is 3. The largest absolute Gasteiger partial charge is 0.318 e. The lowest BCUT2D eigenvalue weighted by Gasteiger charge is -2.29. The molecule has 0 spiro atoms. The quantitative estimate of drug-likeness (QED) is 0.358. The number of aromatic nitrogens is 1. The normalized spacial score (nSPS) is 15.4. The summed E-state index contributed by atoms with van der Waals surface area (Å²) in [5.74, 6) is -0.912. The molecule has 1 N–H and O–H groups in total. The lowest BCUT2D eigenvalue weighted by molar-refractivity contribution is -0.122. The molecule has 32 heavy (non-hydrogen) atoms. The van der Waals surface area contributed by atoms with E-state index in [1.165, 1.54) is 4.90 Å². The Kier molecular flexibility index (Phi) is 5.80. The van der Waals surface area contributed by atoms with E-state index in [1.54, 1.807) is 6.08 Å². The van der Waals surface area contributed by atoms with Gasteiger partial charge in [-0.05, 0) is 92.5 Å². The summed E-state index contributed by atoms with van der Waals surface area (Å²) in [7, 11) is 0. The fourth-order valence-corrected chi connectivity index (χ4v) is 4.31. The monoisotopic (exact) mass is 443 g/mol. The Morgan fingerprint density at radius 3 is 2.34 bits per heavy atom. The predicted octanol–water partition coefficient (Wildman–Crippen LogP) is 4.80. The van der Waals surface area contributed by atoms with Crippen LogP contribution >= 0.6 is 12.2 Å². The third-order valence-electron chi connectivity index (χ3n) is 5.73. The second-order valence-electron chi connectivity index (χ2n) is 7.98. The van der Waals surface area contributed by atoms with E-state index in [9.17, 15) is 9.59 Å². The highest BCUT2D eigenvalue weighted by Gasteiger charge is 2.34. The van der Waals surface area contributed by atoms with Crippen molar-refractivity contribution in [1.29, 1.82) is 0 Å². The third-order valence-corrected chi connectivity index (χ3v) is 6.02. The molecule has 1 aromatic heterocycles. The summed E-state index contributed by atoms with van der Waals surface area (Å²) in [6.07, 6.45) is 2.55. The SMILES string of the molecule is CCc1ccc(N2C(=O)/C(=C\c3cc(C)n(-c4cccc(C)c4)c3C)C(=O)NC2=S)cc1. The fraction of sp³-hybridized carbons (Fsp3) is 0.192. The van der Waals surface area contributed by atoms with Crippen LogP contribution in [-0.4, -0.2) is 21.5 Å². The van der Waals surface area contributed by atoms with Gasteiger partial charge in [0.2, 0.25) is 0 Å². The number of carbonyl (C=O) groups excluding carboxylic acids is 2. The van der Waals surface area contributed by atoms with Gasteiger partial charge in [0.15, 0.2) is 5.11 Å². The van der Waals surface area contributed by atoms with Gasteiger partial charge in [-0.25, -0.2) is 0 Å². The van der Waals surface area contributed by atoms with Crippen molar-refractivity contribution in [2.24, 2.45) is 0 Å². The number of hydrogen-bond donors (Lipinski definition) is 1. The highest BCUT2D eigenvalue weighted by Crippen LogP contribution is 2.26. The number of hydrogen-bond acceptors (Lipinski definition) is 3. The second kappa shape index (κ2) is 8.55. The zero-order valence-electron chi connectivity index (χ0n) is 18.6. The van der Waals surface area contributed by atoms with Gasteiger partial charge in [-0.15, -0.1) is 0 Å². The highest BCUT2D eigenvalue weighted by atomic mass is 32.1. The summed E-state index contributed by atoms with van der Waals surface area (Å²) in [4.78, 5) is 27.4. The van der Waals surface area contributed by atoms with Crippen molar-refractivity contribution in [3.63, 3.8) is 0 Å². The van der Waals surface area contributed by atoms with Gasteiger partial charge in [0, 0.05) is 17.1 Å². The van der Waals surface area contributed by atoms with E-state index < -0.39 is 11.8 Å². The molecule has 2 amide bonds. The molecular weight excluding hydrogens is 418 g/mol. The van der Waals surface area contributed by atoms with Gasteiger partial charge in [-0.1, -0.05) is 31.2 Å². The Morgan fingerprint density at radius 2 is 1.69 bits per heavy atom. The summed E-state index contributed by atoms with van der Waals surface area (Å²) in [5.41, 5.74) is 6.84. The minimum absolute atomic E-state index is 0.0580. The van der Waals surface area contributed by atoms with Gasteiger partial charge in [-0.2, -0.15) is 0 Å². The number of carbonyl (C=O) groups is 2. The first-order valence-electron chi connectivity index (χ1n) is 10.6. The van der Waals surface area contributed by atoms with E-state index in [1.807, 2.05) is 56.3 Å². The molecule has 162 valence electrons. The number of amides is 2. The van der Waals surface area contributed by atoms with Crippen molar-refractivity contribution in [3.05, 3.63) is 88.2 Å². The van der Waals surface area contributed by atoms with Crippen molar-refractivity contribution in [3.8, 4) is 5.69 Å². The van der Waals surface area contributed by atoms with E-state index in [0.717, 1.165) is 40.2 Å². The van der Waals surface area contributed by atoms with Crippen LogP contribution in [0.15, 0.2) is 60.2 Å². The average Bonchev–Trinajstić information content (AvgIpc) is 3.04. The highest BCUT2D eigenvalue weighted by molar-refractivity contribution is 7.80. The first-order chi connectivity index (χ1) is 15.3. The molecule has 0 atom stereocenters. The summed E-state index contributed by atoms with van der Waals surface area (Å²) < 4.78 is 2.12. The molecule has 1 aliphatic heterocycles. The summed E-state index contributed by atoms with van der Waals surface area (Å²) in [6, 6.07) is 17.8. The molecule has 5 nitrogen and oxygen atoms in total. The molecule has 2 aromatic carbocycles. The molecule has 0 bridgehead atoms. The molecule has 1 aliphatic rings. The summed E-state index contributed by atoms with van der Waals surface area (Å²) in [6.45, 7) is 8.12. The number of benzene rings is 2. The van der Waals surface area contributed by atoms with Crippen LogP contribution in [0.3, 0.4) is 0 Å². The van der Waals surface area contributed by atoms with Gasteiger partial charge in [0.05, 0.1) is 5.69 Å². The number of nitrogens with zero attached hydrogens (tertiary/aromatic N) is 2. The lowest BCUT2D eigenvalue weighted by Crippen LogP contribution is -2.54. The molecule has 3 aromatic rings. The van der Waals surface area contributed by atoms with Crippen molar-refractivity contribution in [1.82, 2.24) is 9.88 Å². The van der Waals surface area contributed by atoms with Crippen LogP contribution in [0.4, 0.5) is 5.69 Å². The van der Waals surface area contributed by atoms with Crippen molar-refractivity contribution in [2.75, 3.05) is 4.90 Å². The summed E-state index contributed by atoms with van der Waals surface area (Å²) in [5, 5.41) is 2.75. The number of rotatable bonds is 4. The van der Waals surface area contributed by atoms with Crippen molar-refractivity contribution in [2.45, 2.75) is 34.1 Å². The van der Waals surface area contributed by atoms with E-state index >= 15 is 0 Å². The number of nitrogens with one attached hydrogen (secondary N) is 1. The zero-order valence-corrected chi connectivity index (χ0v) is 19.4. The molecule has 6 heteroatoms. The predicted molar refractivity (Wildman–Crippen MR) is 132 cm³/mol. The van der Waals surface area contributed by atoms with E-state index in [0.29, 0.717) is 5.69 Å². The smallest absolute Gasteiger partial charge is 0.270 e. The third kappa shape index (κ3) is 3.89. The van der Waals surface area contributed by atoms with E-state index in [2.05, 4.69) is 35.9 Å². The van der Waals surface area contributed by atoms with Crippen LogP contribution in [0, 0.1) is 20.8 Å². The van der Waals surface area contributed by atoms with Gasteiger partial charge >= 0.3 is 0 Å². The van der Waals surface area contributed by atoms with Crippen molar-refractivity contribution >= 4 is 40.9 Å². The first-order valence-corrected chi connectivity index (χ1v) is 11.0. The van der Waals surface area contributed by atoms with Crippen LogP contribution in [0.1, 0.15) is 35.0 Å². The van der Waals surface area contributed by atoms with Gasteiger partial charge < -0.3 is 4.57 Å². The second-order valence-corrected chi connectivity index (χ2v) is 8.37. The molecule has 1 fully saturated rings. The topological polar surface area (TPSA) is 54.3 Å². The van der Waals surface area contributed by atoms with Crippen LogP contribution in [0.5, 0.6) is 0 Å². The Balaban J connectivity index is 1.74. The molecule has 1 saturated heterocycles. The minimum Gasteiger partial charge on any atom is -0.318 e. The Hall–Kier alpha value is -3.51. The van der Waals surface area contributed by atoms with Crippen LogP contribution in [0.2, 0.25) is 0 Å². The fourth-order valence-electron chi connectivity index (χ4n) is 4.03. The Morgan fingerprint density at radius 1 is 0.969 bits per heavy atom. The zero-order chi connectivity index (χ0) is 23.0. The first kappa shape index (κ1) is 21.7. The van der Waals surface area contributed by atoms with Gasteiger partial charge in [0.25, 0.3) is 11.8 Å². The molecule has 4 rings (SSSR count). The molecule has 0 aliphatic carbocycles. The maximum absolute atomic E-state index is 13.3. The van der Waals surface area contributed by atoms with Gasteiger partial charge in [-0.3, -0.25) is 19.8 Å². The minimum atomic E-state index is -0.484. The maximum Gasteiger partial charge on any atom is 0.270 e. The van der Waals surface area contributed by atoms with E-state index in [-0.39, 0.29) is 10.7 Å². The van der Waals surface area contributed by atoms with Crippen LogP contribution in [-0.2, 0) is 16.0 Å². The standard InChI is InChI=1S/C26H25N3O2S/c1-5-19-9-11-21(12-10-19)29-25(31)23(24(30)27-26(29)32)15-20-14-17(3)28(18(20)4)22-8-6-7-16(2)13-22/h6-15H,5H2,1-4H3,(H,27,30,32)/b23-15-. The Bertz CT molecular complexity index is 1270. The van der Waals surface area contributed by atoms with Crippen LogP contribution in [0.25, 0.3) is 11.8 Å². The molecule has 0 saturated carbocycles. The molecule has 2 heterocycles. The van der Waals surface area contributed by atoms with E-state index in [4.69, 9.17) is 12.2 Å². The molecular formula is C26H25N3O2S. The van der Waals surface area contributed by atoms with Crippen molar-refractivity contribution < 1.29 is 9.59 Å². The molecule has 0 radical (unpaired) electrons. The number of thiocarbonyl (C=S) groups is 1. The Labute approximate surface area is 193 Å². The number of anilines is 1. The lowest BCUT2D eigenvalue weighted by atomic mass is 10.1. The van der Waals surface area contributed by atoms with Gasteiger partial charge in [0.1, 0.15) is 5.57 Å².